The molecule has 0 aliphatic carbocycles. The fraction of sp³-hybridized carbons (Fsp3) is 0.300. The quantitative estimate of drug-likeness (QED) is 0.472. The molecule has 0 fully saturated rings. The third kappa shape index (κ3) is 2.96. The first-order valence-corrected chi connectivity index (χ1v) is 11.1. The molecule has 3 aromatic heterocycles. The van der Waals surface area contributed by atoms with Crippen molar-refractivity contribution in [3.05, 3.63) is 56.5 Å². The molecule has 0 radical (unpaired) electrons. The van der Waals surface area contributed by atoms with Crippen LogP contribution < -0.4 is 5.56 Å². The zero-order valence-corrected chi connectivity index (χ0v) is 17.7. The van der Waals surface area contributed by atoms with Gasteiger partial charge < -0.3 is 4.90 Å². The lowest BCUT2D eigenvalue weighted by Gasteiger charge is -2.29. The highest BCUT2D eigenvalue weighted by molar-refractivity contribution is 8.00. The zero-order valence-electron chi connectivity index (χ0n) is 16.0. The molecule has 0 saturated heterocycles. The maximum Gasteiger partial charge on any atom is 0.262 e. The molecule has 1 unspecified atom stereocenters. The van der Waals surface area contributed by atoms with Crippen LogP contribution in [0.25, 0.3) is 16.7 Å². The molecule has 1 amide bonds. The molecule has 29 heavy (non-hydrogen) atoms. The van der Waals surface area contributed by atoms with E-state index < -0.39 is 0 Å². The van der Waals surface area contributed by atoms with Gasteiger partial charge in [-0.2, -0.15) is 0 Å². The molecule has 7 nitrogen and oxygen atoms in total. The standard InChI is InChI=1S/C20H19N5O2S2/c1-12(17(26)24-9-7-16-13(11-24)8-10-28-16)29-20-22-21-19-23(2)18(27)14-5-3-4-6-15(14)25(19)20/h3-6,8,10,12H,7,9,11H2,1-2H3. The fourth-order valence-electron chi connectivity index (χ4n) is 3.79. The Balaban J connectivity index is 1.48. The summed E-state index contributed by atoms with van der Waals surface area (Å²) < 4.78 is 3.35. The largest absolute Gasteiger partial charge is 0.337 e. The van der Waals surface area contributed by atoms with Crippen molar-refractivity contribution in [2.45, 2.75) is 30.3 Å². The Labute approximate surface area is 175 Å². The number of thioether (sulfide) groups is 1. The fourth-order valence-corrected chi connectivity index (χ4v) is 5.62. The van der Waals surface area contributed by atoms with E-state index >= 15 is 0 Å². The molecular weight excluding hydrogens is 406 g/mol. The molecule has 0 spiro atoms. The number of carbonyl (C=O) groups is 1. The van der Waals surface area contributed by atoms with Crippen molar-refractivity contribution in [1.82, 2.24) is 24.1 Å². The van der Waals surface area contributed by atoms with Crippen molar-refractivity contribution in [2.75, 3.05) is 6.54 Å². The van der Waals surface area contributed by atoms with Crippen LogP contribution in [-0.4, -0.2) is 41.8 Å². The van der Waals surface area contributed by atoms with Gasteiger partial charge in [-0.05, 0) is 42.5 Å². The van der Waals surface area contributed by atoms with Gasteiger partial charge in [0.15, 0.2) is 5.16 Å². The lowest BCUT2D eigenvalue weighted by molar-refractivity contribution is -0.131. The summed E-state index contributed by atoms with van der Waals surface area (Å²) in [5, 5.41) is 11.5. The number of carbonyl (C=O) groups excluding carboxylic acids is 1. The van der Waals surface area contributed by atoms with E-state index in [2.05, 4.69) is 21.6 Å². The number of fused-ring (bicyclic) bond motifs is 4. The zero-order chi connectivity index (χ0) is 20.1. The molecule has 4 heterocycles. The summed E-state index contributed by atoms with van der Waals surface area (Å²) in [6, 6.07) is 9.51. The summed E-state index contributed by atoms with van der Waals surface area (Å²) in [5.74, 6) is 0.564. The molecule has 1 aliphatic heterocycles. The Bertz CT molecular complexity index is 1310. The number of nitrogens with zero attached hydrogens (tertiary/aromatic N) is 5. The molecule has 9 heteroatoms. The first-order chi connectivity index (χ1) is 14.0. The number of hydrogen-bond donors (Lipinski definition) is 0. The van der Waals surface area contributed by atoms with Crippen LogP contribution in [0, 0.1) is 0 Å². The van der Waals surface area contributed by atoms with Gasteiger partial charge in [0.25, 0.3) is 5.56 Å². The van der Waals surface area contributed by atoms with Gasteiger partial charge in [-0.25, -0.2) is 0 Å². The molecule has 4 aromatic rings. The van der Waals surface area contributed by atoms with Crippen molar-refractivity contribution < 1.29 is 4.79 Å². The van der Waals surface area contributed by atoms with E-state index in [0.717, 1.165) is 18.5 Å². The minimum Gasteiger partial charge on any atom is -0.337 e. The number of amides is 1. The SMILES string of the molecule is CC(Sc1nnc2n(C)c(=O)c3ccccc3n12)C(=O)N1CCc2sccc2C1. The van der Waals surface area contributed by atoms with Gasteiger partial charge in [-0.3, -0.25) is 18.6 Å². The van der Waals surface area contributed by atoms with E-state index in [1.807, 2.05) is 34.4 Å². The van der Waals surface area contributed by atoms with Crippen molar-refractivity contribution in [3.63, 3.8) is 0 Å². The predicted octanol–water partition coefficient (Wildman–Crippen LogP) is 2.71. The molecule has 148 valence electrons. The monoisotopic (exact) mass is 425 g/mol. The molecule has 5 rings (SSSR count). The van der Waals surface area contributed by atoms with Gasteiger partial charge in [0.05, 0.1) is 16.2 Å². The van der Waals surface area contributed by atoms with Crippen LogP contribution >= 0.6 is 23.1 Å². The Kier molecular flexibility index (Phi) is 4.44. The van der Waals surface area contributed by atoms with E-state index in [4.69, 9.17) is 0 Å². The average Bonchev–Trinajstić information content (AvgIpc) is 3.38. The van der Waals surface area contributed by atoms with E-state index in [-0.39, 0.29) is 16.7 Å². The van der Waals surface area contributed by atoms with Crippen LogP contribution in [-0.2, 0) is 24.8 Å². The number of aromatic nitrogens is 4. The lowest BCUT2D eigenvalue weighted by Crippen LogP contribution is -2.39. The maximum atomic E-state index is 13.1. The van der Waals surface area contributed by atoms with Gasteiger partial charge in [0.2, 0.25) is 11.7 Å². The highest BCUT2D eigenvalue weighted by Gasteiger charge is 2.27. The van der Waals surface area contributed by atoms with Gasteiger partial charge >= 0.3 is 0 Å². The predicted molar refractivity (Wildman–Crippen MR) is 114 cm³/mol. The summed E-state index contributed by atoms with van der Waals surface area (Å²) in [6.07, 6.45) is 0.913. The number of aryl methyl sites for hydroxylation is 1. The summed E-state index contributed by atoms with van der Waals surface area (Å²) in [6.45, 7) is 3.32. The van der Waals surface area contributed by atoms with E-state index in [0.29, 0.717) is 22.9 Å². The van der Waals surface area contributed by atoms with Crippen molar-refractivity contribution in [1.29, 1.82) is 0 Å². The maximum absolute atomic E-state index is 13.1. The van der Waals surface area contributed by atoms with Crippen LogP contribution in [0.1, 0.15) is 17.4 Å². The molecule has 1 aliphatic rings. The summed E-state index contributed by atoms with van der Waals surface area (Å²) in [7, 11) is 1.69. The number of rotatable bonds is 3. The van der Waals surface area contributed by atoms with E-state index in [9.17, 15) is 9.59 Å². The molecule has 0 saturated carbocycles. The Morgan fingerprint density at radius 3 is 2.93 bits per heavy atom. The average molecular weight is 426 g/mol. The normalized spacial score (nSPS) is 15.0. The molecular formula is C20H19N5O2S2. The van der Waals surface area contributed by atoms with Gasteiger partial charge in [0.1, 0.15) is 0 Å². The Morgan fingerprint density at radius 2 is 2.07 bits per heavy atom. The van der Waals surface area contributed by atoms with Crippen LogP contribution in [0.3, 0.4) is 0 Å². The van der Waals surface area contributed by atoms with E-state index in [1.165, 1.54) is 26.8 Å². The van der Waals surface area contributed by atoms with Gasteiger partial charge in [-0.15, -0.1) is 21.5 Å². The summed E-state index contributed by atoms with van der Waals surface area (Å²) in [5.41, 5.74) is 1.89. The Morgan fingerprint density at radius 1 is 1.24 bits per heavy atom. The van der Waals surface area contributed by atoms with Crippen LogP contribution in [0.2, 0.25) is 0 Å². The topological polar surface area (TPSA) is 72.5 Å². The second-order valence-electron chi connectivity index (χ2n) is 7.14. The molecule has 0 N–H and O–H groups in total. The number of hydrogen-bond acceptors (Lipinski definition) is 6. The van der Waals surface area contributed by atoms with Gasteiger partial charge in [-0.1, -0.05) is 23.9 Å². The van der Waals surface area contributed by atoms with Crippen molar-refractivity contribution in [2.24, 2.45) is 7.05 Å². The number of thiophene rings is 1. The first-order valence-electron chi connectivity index (χ1n) is 9.38. The highest BCUT2D eigenvalue weighted by atomic mass is 32.2. The summed E-state index contributed by atoms with van der Waals surface area (Å²) >= 11 is 3.14. The third-order valence-corrected chi connectivity index (χ3v) is 7.40. The summed E-state index contributed by atoms with van der Waals surface area (Å²) in [4.78, 5) is 29.0. The Hall–Kier alpha value is -2.65. The van der Waals surface area contributed by atoms with E-state index in [1.54, 1.807) is 24.5 Å². The molecule has 1 atom stereocenters. The molecule has 0 bridgehead atoms. The first kappa shape index (κ1) is 18.4. The van der Waals surface area contributed by atoms with Crippen LogP contribution in [0.4, 0.5) is 0 Å². The minimum absolute atomic E-state index is 0.0951. The van der Waals surface area contributed by atoms with Crippen LogP contribution in [0.15, 0.2) is 45.7 Å². The number of para-hydroxylation sites is 1. The number of benzene rings is 1. The second-order valence-corrected chi connectivity index (χ2v) is 9.45. The third-order valence-electron chi connectivity index (χ3n) is 5.35. The minimum atomic E-state index is -0.307. The highest BCUT2D eigenvalue weighted by Crippen LogP contribution is 2.29. The van der Waals surface area contributed by atoms with Crippen LogP contribution in [0.5, 0.6) is 0 Å². The van der Waals surface area contributed by atoms with Gasteiger partial charge in [0, 0.05) is 25.0 Å². The molecule has 1 aromatic carbocycles. The van der Waals surface area contributed by atoms with Crippen molar-refractivity contribution >= 4 is 45.7 Å². The van der Waals surface area contributed by atoms with Crippen molar-refractivity contribution in [3.8, 4) is 0 Å². The smallest absolute Gasteiger partial charge is 0.262 e. The second kappa shape index (κ2) is 7.00. The lowest BCUT2D eigenvalue weighted by atomic mass is 10.1.